The van der Waals surface area contributed by atoms with E-state index in [2.05, 4.69) is 69.6 Å². The SMILES string of the molecule is CC/C=C\C(=C/COCC1CCN(c2ncc(NCCOc3ccc(-c4ccccc4)cc3CC)cn2)CC1)C(=O)OC. The molecule has 0 radical (unpaired) electrons. The minimum Gasteiger partial charge on any atom is -0.491 e. The number of aromatic nitrogens is 2. The highest BCUT2D eigenvalue weighted by Crippen LogP contribution is 2.27. The molecule has 0 spiro atoms. The minimum atomic E-state index is -0.341. The van der Waals surface area contributed by atoms with Crippen molar-refractivity contribution in [3.8, 4) is 16.9 Å². The first-order valence-corrected chi connectivity index (χ1v) is 15.3. The summed E-state index contributed by atoms with van der Waals surface area (Å²) in [6.07, 6.45) is 13.0. The van der Waals surface area contributed by atoms with Crippen molar-refractivity contribution in [2.24, 2.45) is 5.92 Å². The third-order valence-corrected chi connectivity index (χ3v) is 7.50. The molecule has 0 unspecified atom stereocenters. The van der Waals surface area contributed by atoms with E-state index < -0.39 is 0 Å². The highest BCUT2D eigenvalue weighted by molar-refractivity contribution is 5.91. The molecule has 4 rings (SSSR count). The summed E-state index contributed by atoms with van der Waals surface area (Å²) in [5, 5.41) is 3.36. The second kappa shape index (κ2) is 17.1. The van der Waals surface area contributed by atoms with Crippen molar-refractivity contribution in [1.82, 2.24) is 9.97 Å². The molecule has 228 valence electrons. The molecule has 1 N–H and O–H groups in total. The summed E-state index contributed by atoms with van der Waals surface area (Å²) in [5.41, 5.74) is 5.02. The number of benzene rings is 2. The zero-order valence-corrected chi connectivity index (χ0v) is 25.6. The minimum absolute atomic E-state index is 0.341. The van der Waals surface area contributed by atoms with Crippen LogP contribution in [-0.2, 0) is 20.7 Å². The Bertz CT molecular complexity index is 1330. The van der Waals surface area contributed by atoms with Crippen molar-refractivity contribution >= 4 is 17.6 Å². The Morgan fingerprint density at radius 3 is 2.51 bits per heavy atom. The fourth-order valence-corrected chi connectivity index (χ4v) is 5.00. The Kier molecular flexibility index (Phi) is 12.6. The van der Waals surface area contributed by atoms with Crippen LogP contribution in [0.15, 0.2) is 84.7 Å². The fourth-order valence-electron chi connectivity index (χ4n) is 5.00. The molecule has 2 heterocycles. The van der Waals surface area contributed by atoms with Gasteiger partial charge in [-0.15, -0.1) is 0 Å². The largest absolute Gasteiger partial charge is 0.491 e. The van der Waals surface area contributed by atoms with Crippen LogP contribution in [0.2, 0.25) is 0 Å². The molecule has 43 heavy (non-hydrogen) atoms. The van der Waals surface area contributed by atoms with Crippen LogP contribution in [0.5, 0.6) is 5.75 Å². The summed E-state index contributed by atoms with van der Waals surface area (Å²) >= 11 is 0. The lowest BCUT2D eigenvalue weighted by molar-refractivity contribution is -0.135. The highest BCUT2D eigenvalue weighted by atomic mass is 16.5. The van der Waals surface area contributed by atoms with Crippen molar-refractivity contribution in [3.05, 3.63) is 90.3 Å². The van der Waals surface area contributed by atoms with E-state index in [0.717, 1.165) is 56.2 Å². The molecule has 0 aliphatic carbocycles. The first kappa shape index (κ1) is 31.8. The van der Waals surface area contributed by atoms with Gasteiger partial charge in [0.05, 0.1) is 37.4 Å². The van der Waals surface area contributed by atoms with Gasteiger partial charge in [-0.05, 0) is 66.5 Å². The molecule has 0 amide bonds. The van der Waals surface area contributed by atoms with Gasteiger partial charge in [0.1, 0.15) is 12.4 Å². The van der Waals surface area contributed by atoms with Gasteiger partial charge in [0.15, 0.2) is 0 Å². The van der Waals surface area contributed by atoms with Crippen LogP contribution in [0.3, 0.4) is 0 Å². The Hall–Kier alpha value is -4.17. The normalized spacial score (nSPS) is 14.2. The van der Waals surface area contributed by atoms with Gasteiger partial charge in [-0.1, -0.05) is 62.4 Å². The molecule has 0 atom stereocenters. The van der Waals surface area contributed by atoms with Gasteiger partial charge in [-0.25, -0.2) is 14.8 Å². The molecule has 1 aliphatic heterocycles. The van der Waals surface area contributed by atoms with Gasteiger partial charge in [-0.2, -0.15) is 0 Å². The first-order chi connectivity index (χ1) is 21.1. The Morgan fingerprint density at radius 2 is 1.81 bits per heavy atom. The van der Waals surface area contributed by atoms with Gasteiger partial charge in [0.25, 0.3) is 0 Å². The van der Waals surface area contributed by atoms with Crippen LogP contribution in [-0.4, -0.2) is 62.5 Å². The average Bonchev–Trinajstić information content (AvgIpc) is 3.07. The van der Waals surface area contributed by atoms with Crippen molar-refractivity contribution in [2.75, 3.05) is 56.8 Å². The third-order valence-electron chi connectivity index (χ3n) is 7.50. The van der Waals surface area contributed by atoms with Gasteiger partial charge in [-0.3, -0.25) is 0 Å². The Morgan fingerprint density at radius 1 is 1.05 bits per heavy atom. The number of carbonyl (C=O) groups is 1. The summed E-state index contributed by atoms with van der Waals surface area (Å²) in [4.78, 5) is 23.3. The van der Waals surface area contributed by atoms with Gasteiger partial charge >= 0.3 is 5.97 Å². The maximum atomic E-state index is 11.9. The van der Waals surface area contributed by atoms with E-state index in [1.807, 2.05) is 31.5 Å². The van der Waals surface area contributed by atoms with Gasteiger partial charge in [0.2, 0.25) is 5.95 Å². The molecule has 1 aliphatic rings. The van der Waals surface area contributed by atoms with Crippen molar-refractivity contribution < 1.29 is 19.0 Å². The van der Waals surface area contributed by atoms with E-state index in [1.54, 1.807) is 12.2 Å². The first-order valence-electron chi connectivity index (χ1n) is 15.3. The second-order valence-corrected chi connectivity index (χ2v) is 10.5. The molecule has 3 aromatic rings. The monoisotopic (exact) mass is 584 g/mol. The zero-order valence-electron chi connectivity index (χ0n) is 25.6. The number of piperidine rings is 1. The van der Waals surface area contributed by atoms with Crippen LogP contribution in [0.1, 0.15) is 38.7 Å². The number of ether oxygens (including phenoxy) is 3. The predicted octanol–water partition coefficient (Wildman–Crippen LogP) is 6.50. The third kappa shape index (κ3) is 9.68. The van der Waals surface area contributed by atoms with Crippen LogP contribution in [0, 0.1) is 5.92 Å². The lowest BCUT2D eigenvalue weighted by Crippen LogP contribution is -2.36. The molecular weight excluding hydrogens is 540 g/mol. The predicted molar refractivity (Wildman–Crippen MR) is 173 cm³/mol. The molecule has 1 saturated heterocycles. The molecule has 8 heteroatoms. The average molecular weight is 585 g/mol. The van der Waals surface area contributed by atoms with E-state index in [4.69, 9.17) is 14.2 Å². The van der Waals surface area contributed by atoms with Crippen molar-refractivity contribution in [3.63, 3.8) is 0 Å². The molecule has 2 aromatic carbocycles. The van der Waals surface area contributed by atoms with E-state index in [0.29, 0.717) is 37.9 Å². The molecule has 0 bridgehead atoms. The molecule has 8 nitrogen and oxygen atoms in total. The number of nitrogens with one attached hydrogen (secondary N) is 1. The number of methoxy groups -OCH3 is 1. The highest BCUT2D eigenvalue weighted by Gasteiger charge is 2.21. The smallest absolute Gasteiger partial charge is 0.337 e. The van der Waals surface area contributed by atoms with Crippen LogP contribution < -0.4 is 15.0 Å². The van der Waals surface area contributed by atoms with Crippen LogP contribution in [0.4, 0.5) is 11.6 Å². The lowest BCUT2D eigenvalue weighted by Gasteiger charge is -2.31. The number of carbonyl (C=O) groups excluding carboxylic acids is 1. The Labute approximate surface area is 255 Å². The summed E-state index contributed by atoms with van der Waals surface area (Å²) in [6.45, 7) is 8.21. The van der Waals surface area contributed by atoms with E-state index in [9.17, 15) is 4.79 Å². The number of rotatable bonds is 15. The van der Waals surface area contributed by atoms with Gasteiger partial charge < -0.3 is 24.4 Å². The Balaban J connectivity index is 1.16. The number of anilines is 2. The standard InChI is InChI=1S/C35H44N4O4/c1-4-6-10-30(34(40)41-3)17-21-42-26-27-15-19-39(20-16-27)35-37-24-32(25-38-35)36-18-22-43-33-14-13-31(23-28(33)5-2)29-11-8-7-9-12-29/h6-14,17,23-25,27,36H,4-5,15-16,18-22,26H2,1-3H3/b10-6-,30-17+. The van der Waals surface area contributed by atoms with E-state index in [1.165, 1.54) is 23.8 Å². The molecule has 0 saturated carbocycles. The van der Waals surface area contributed by atoms with Gasteiger partial charge in [0, 0.05) is 26.2 Å². The second-order valence-electron chi connectivity index (χ2n) is 10.5. The number of allylic oxidation sites excluding steroid dienone is 1. The van der Waals surface area contributed by atoms with Crippen molar-refractivity contribution in [1.29, 1.82) is 0 Å². The number of hydrogen-bond acceptors (Lipinski definition) is 8. The molecule has 1 fully saturated rings. The number of hydrogen-bond donors (Lipinski definition) is 1. The summed E-state index contributed by atoms with van der Waals surface area (Å²) in [7, 11) is 1.39. The maximum Gasteiger partial charge on any atom is 0.337 e. The molecule has 1 aromatic heterocycles. The van der Waals surface area contributed by atoms with Crippen LogP contribution >= 0.6 is 0 Å². The summed E-state index contributed by atoms with van der Waals surface area (Å²) in [5.74, 6) is 1.81. The quantitative estimate of drug-likeness (QED) is 0.0939. The topological polar surface area (TPSA) is 85.8 Å². The van der Waals surface area contributed by atoms with Crippen molar-refractivity contribution in [2.45, 2.75) is 39.5 Å². The van der Waals surface area contributed by atoms with E-state index in [-0.39, 0.29) is 5.97 Å². The zero-order chi connectivity index (χ0) is 30.3. The summed E-state index contributed by atoms with van der Waals surface area (Å²) in [6, 6.07) is 16.8. The molecular formula is C35H44N4O4. The lowest BCUT2D eigenvalue weighted by atomic mass is 9.98. The maximum absolute atomic E-state index is 11.9. The fraction of sp³-hybridized carbons (Fsp3) is 0.400. The number of aryl methyl sites for hydroxylation is 1. The van der Waals surface area contributed by atoms with Crippen LogP contribution in [0.25, 0.3) is 11.1 Å². The summed E-state index contributed by atoms with van der Waals surface area (Å²) < 4.78 is 16.8. The van der Waals surface area contributed by atoms with E-state index >= 15 is 0 Å². The number of esters is 1. The number of nitrogens with zero attached hydrogens (tertiary/aromatic N) is 3.